The summed E-state index contributed by atoms with van der Waals surface area (Å²) < 4.78 is 0. The average molecular weight is 250 g/mol. The molecule has 4 nitrogen and oxygen atoms in total. The number of benzene rings is 1. The molecule has 0 spiro atoms. The molecule has 1 aromatic rings. The predicted molar refractivity (Wildman–Crippen MR) is 73.9 cm³/mol. The van der Waals surface area contributed by atoms with Crippen molar-refractivity contribution >= 4 is 11.6 Å². The Morgan fingerprint density at radius 3 is 2.67 bits per heavy atom. The number of aliphatic hydroxyl groups is 1. The Kier molecular flexibility index (Phi) is 6.22. The first-order chi connectivity index (χ1) is 8.74. The van der Waals surface area contributed by atoms with E-state index in [4.69, 9.17) is 5.11 Å². The van der Waals surface area contributed by atoms with Crippen molar-refractivity contribution in [3.8, 4) is 0 Å². The van der Waals surface area contributed by atoms with Crippen LogP contribution in [0.15, 0.2) is 24.3 Å². The van der Waals surface area contributed by atoms with Crippen LogP contribution >= 0.6 is 0 Å². The third kappa shape index (κ3) is 3.74. The van der Waals surface area contributed by atoms with Crippen LogP contribution in [0.2, 0.25) is 0 Å². The molecule has 1 aromatic carbocycles. The molecule has 0 fully saturated rings. The van der Waals surface area contributed by atoms with Gasteiger partial charge in [0.2, 0.25) is 0 Å². The van der Waals surface area contributed by atoms with E-state index in [0.29, 0.717) is 18.7 Å². The summed E-state index contributed by atoms with van der Waals surface area (Å²) >= 11 is 0. The maximum absolute atomic E-state index is 12.3. The first-order valence-electron chi connectivity index (χ1n) is 6.47. The fraction of sp³-hybridized carbons (Fsp3) is 0.500. The molecule has 100 valence electrons. The summed E-state index contributed by atoms with van der Waals surface area (Å²) in [5.74, 6) is -0.0363. The monoisotopic (exact) mass is 250 g/mol. The molecule has 0 aliphatic carbocycles. The Hall–Kier alpha value is -1.55. The minimum Gasteiger partial charge on any atom is -0.395 e. The lowest BCUT2D eigenvalue weighted by Crippen LogP contribution is -2.33. The SMILES string of the molecule is CCCNc1ccccc1C(=O)N(CC)CCO. The molecule has 0 aliphatic heterocycles. The summed E-state index contributed by atoms with van der Waals surface area (Å²) in [6.07, 6.45) is 1.01. The molecule has 2 N–H and O–H groups in total. The van der Waals surface area contributed by atoms with Crippen LogP contribution in [0.3, 0.4) is 0 Å². The first-order valence-corrected chi connectivity index (χ1v) is 6.47. The van der Waals surface area contributed by atoms with Crippen molar-refractivity contribution in [1.29, 1.82) is 0 Å². The van der Waals surface area contributed by atoms with Gasteiger partial charge in [-0.05, 0) is 25.5 Å². The number of rotatable bonds is 7. The fourth-order valence-electron chi connectivity index (χ4n) is 1.78. The maximum atomic E-state index is 12.3. The Labute approximate surface area is 109 Å². The zero-order valence-electron chi connectivity index (χ0n) is 11.1. The smallest absolute Gasteiger partial charge is 0.256 e. The van der Waals surface area contributed by atoms with E-state index < -0.39 is 0 Å². The highest BCUT2D eigenvalue weighted by atomic mass is 16.3. The van der Waals surface area contributed by atoms with E-state index in [1.807, 2.05) is 31.2 Å². The summed E-state index contributed by atoms with van der Waals surface area (Å²) in [7, 11) is 0. The molecule has 0 saturated heterocycles. The number of nitrogens with one attached hydrogen (secondary N) is 1. The van der Waals surface area contributed by atoms with Gasteiger partial charge < -0.3 is 15.3 Å². The van der Waals surface area contributed by atoms with Gasteiger partial charge in [0.05, 0.1) is 12.2 Å². The summed E-state index contributed by atoms with van der Waals surface area (Å²) in [6, 6.07) is 7.50. The molecule has 1 rings (SSSR count). The minimum atomic E-state index is -0.0363. The van der Waals surface area contributed by atoms with E-state index in [0.717, 1.165) is 18.7 Å². The lowest BCUT2D eigenvalue weighted by molar-refractivity contribution is 0.0733. The molecule has 18 heavy (non-hydrogen) atoms. The van der Waals surface area contributed by atoms with E-state index in [1.165, 1.54) is 0 Å². The van der Waals surface area contributed by atoms with Crippen LogP contribution in [0, 0.1) is 0 Å². The van der Waals surface area contributed by atoms with Crippen molar-refractivity contribution in [1.82, 2.24) is 4.90 Å². The van der Waals surface area contributed by atoms with E-state index in [1.54, 1.807) is 4.90 Å². The van der Waals surface area contributed by atoms with Gasteiger partial charge in [-0.25, -0.2) is 0 Å². The van der Waals surface area contributed by atoms with Gasteiger partial charge in [0, 0.05) is 25.3 Å². The van der Waals surface area contributed by atoms with Gasteiger partial charge in [-0.15, -0.1) is 0 Å². The third-order valence-corrected chi connectivity index (χ3v) is 2.76. The summed E-state index contributed by atoms with van der Waals surface area (Å²) in [5.41, 5.74) is 1.53. The second-order valence-corrected chi connectivity index (χ2v) is 4.08. The predicted octanol–water partition coefficient (Wildman–Crippen LogP) is 1.96. The number of nitrogens with zero attached hydrogens (tertiary/aromatic N) is 1. The molecule has 0 heterocycles. The molecule has 0 saturated carbocycles. The largest absolute Gasteiger partial charge is 0.395 e. The van der Waals surface area contributed by atoms with Crippen LogP contribution in [0.25, 0.3) is 0 Å². The van der Waals surface area contributed by atoms with Gasteiger partial charge in [0.1, 0.15) is 0 Å². The standard InChI is InChI=1S/C14H22N2O2/c1-3-9-15-13-8-6-5-7-12(13)14(18)16(4-2)10-11-17/h5-8,15,17H,3-4,9-11H2,1-2H3. The number of para-hydroxylation sites is 1. The van der Waals surface area contributed by atoms with Crippen molar-refractivity contribution in [3.05, 3.63) is 29.8 Å². The van der Waals surface area contributed by atoms with Gasteiger partial charge in [0.25, 0.3) is 5.91 Å². The van der Waals surface area contributed by atoms with Gasteiger partial charge >= 0.3 is 0 Å². The average Bonchev–Trinajstić information content (AvgIpc) is 2.42. The molecular weight excluding hydrogens is 228 g/mol. The van der Waals surface area contributed by atoms with Crippen LogP contribution < -0.4 is 5.32 Å². The molecule has 4 heteroatoms. The van der Waals surface area contributed by atoms with Gasteiger partial charge in [0.15, 0.2) is 0 Å². The lowest BCUT2D eigenvalue weighted by atomic mass is 10.1. The van der Waals surface area contributed by atoms with Gasteiger partial charge in [-0.1, -0.05) is 19.1 Å². The number of carbonyl (C=O) groups is 1. The molecule has 0 bridgehead atoms. The van der Waals surface area contributed by atoms with Crippen LogP contribution in [0.1, 0.15) is 30.6 Å². The van der Waals surface area contributed by atoms with Crippen LogP contribution in [0.5, 0.6) is 0 Å². The molecular formula is C14H22N2O2. The highest BCUT2D eigenvalue weighted by molar-refractivity contribution is 5.99. The Balaban J connectivity index is 2.89. The number of carbonyl (C=O) groups excluding carboxylic acids is 1. The Morgan fingerprint density at radius 2 is 2.06 bits per heavy atom. The topological polar surface area (TPSA) is 52.6 Å². The highest BCUT2D eigenvalue weighted by Crippen LogP contribution is 2.17. The van der Waals surface area contributed by atoms with Crippen molar-refractivity contribution in [2.75, 3.05) is 31.6 Å². The summed E-state index contributed by atoms with van der Waals surface area (Å²) in [6.45, 7) is 5.80. The first kappa shape index (κ1) is 14.5. The molecule has 0 aromatic heterocycles. The van der Waals surface area contributed by atoms with Gasteiger partial charge in [-0.2, -0.15) is 0 Å². The zero-order chi connectivity index (χ0) is 13.4. The highest BCUT2D eigenvalue weighted by Gasteiger charge is 2.16. The minimum absolute atomic E-state index is 0.00979. The third-order valence-electron chi connectivity index (χ3n) is 2.76. The number of anilines is 1. The summed E-state index contributed by atoms with van der Waals surface area (Å²) in [5, 5.41) is 12.2. The second kappa shape index (κ2) is 7.71. The normalized spacial score (nSPS) is 10.2. The molecule has 0 aliphatic rings. The van der Waals surface area contributed by atoms with E-state index >= 15 is 0 Å². The Morgan fingerprint density at radius 1 is 1.33 bits per heavy atom. The van der Waals surface area contributed by atoms with E-state index in [9.17, 15) is 4.79 Å². The zero-order valence-corrected chi connectivity index (χ0v) is 11.1. The summed E-state index contributed by atoms with van der Waals surface area (Å²) in [4.78, 5) is 14.0. The number of hydrogen-bond donors (Lipinski definition) is 2. The van der Waals surface area contributed by atoms with Crippen molar-refractivity contribution in [2.45, 2.75) is 20.3 Å². The van der Waals surface area contributed by atoms with E-state index in [2.05, 4.69) is 12.2 Å². The van der Waals surface area contributed by atoms with Crippen molar-refractivity contribution in [2.24, 2.45) is 0 Å². The van der Waals surface area contributed by atoms with Crippen LogP contribution in [-0.2, 0) is 0 Å². The molecule has 1 amide bonds. The second-order valence-electron chi connectivity index (χ2n) is 4.08. The van der Waals surface area contributed by atoms with Crippen LogP contribution in [-0.4, -0.2) is 42.2 Å². The number of aliphatic hydroxyl groups excluding tert-OH is 1. The molecule has 0 atom stereocenters. The van der Waals surface area contributed by atoms with E-state index in [-0.39, 0.29) is 12.5 Å². The van der Waals surface area contributed by atoms with Crippen molar-refractivity contribution < 1.29 is 9.90 Å². The quantitative estimate of drug-likeness (QED) is 0.778. The van der Waals surface area contributed by atoms with Gasteiger partial charge in [-0.3, -0.25) is 4.79 Å². The number of hydrogen-bond acceptors (Lipinski definition) is 3. The van der Waals surface area contributed by atoms with Crippen LogP contribution in [0.4, 0.5) is 5.69 Å². The molecule has 0 unspecified atom stereocenters. The number of likely N-dealkylation sites (N-methyl/N-ethyl adjacent to an activating group) is 1. The maximum Gasteiger partial charge on any atom is 0.256 e. The fourth-order valence-corrected chi connectivity index (χ4v) is 1.78. The Bertz CT molecular complexity index is 380. The van der Waals surface area contributed by atoms with Crippen molar-refractivity contribution in [3.63, 3.8) is 0 Å². The number of amides is 1. The molecule has 0 radical (unpaired) electrons. The lowest BCUT2D eigenvalue weighted by Gasteiger charge is -2.21.